The Morgan fingerprint density at radius 2 is 1.94 bits per heavy atom. The van der Waals surface area contributed by atoms with Crippen LogP contribution in [0.3, 0.4) is 0 Å². The van der Waals surface area contributed by atoms with E-state index in [0.717, 1.165) is 11.3 Å². The van der Waals surface area contributed by atoms with E-state index in [1.165, 1.54) is 0 Å². The number of rotatable bonds is 2. The van der Waals surface area contributed by atoms with Crippen LogP contribution in [0.2, 0.25) is 0 Å². The van der Waals surface area contributed by atoms with Crippen molar-refractivity contribution in [2.75, 3.05) is 7.11 Å². The Hall–Kier alpha value is -2.43. The van der Waals surface area contributed by atoms with Crippen molar-refractivity contribution in [2.45, 2.75) is 0 Å². The third-order valence-corrected chi connectivity index (χ3v) is 2.57. The van der Waals surface area contributed by atoms with Gasteiger partial charge < -0.3 is 4.74 Å². The van der Waals surface area contributed by atoms with Crippen molar-refractivity contribution in [3.8, 4) is 17.1 Å². The number of imidazole rings is 1. The maximum atomic E-state index is 5.17. The average Bonchev–Trinajstić information content (AvgIpc) is 2.83. The van der Waals surface area contributed by atoms with Gasteiger partial charge in [-0.15, -0.1) is 0 Å². The molecule has 3 aromatic rings. The van der Waals surface area contributed by atoms with Crippen molar-refractivity contribution in [3.05, 3.63) is 43.1 Å². The number of ether oxygens (including phenoxy) is 1. The highest BCUT2D eigenvalue weighted by molar-refractivity contribution is 5.65. The van der Waals surface area contributed by atoms with Gasteiger partial charge in [-0.3, -0.25) is 9.38 Å². The molecule has 3 heterocycles. The van der Waals surface area contributed by atoms with E-state index < -0.39 is 0 Å². The van der Waals surface area contributed by atoms with Gasteiger partial charge in [0, 0.05) is 30.4 Å². The molecule has 84 valence electrons. The molecule has 0 amide bonds. The Balaban J connectivity index is 2.26. The van der Waals surface area contributed by atoms with Crippen molar-refractivity contribution in [2.24, 2.45) is 0 Å². The van der Waals surface area contributed by atoms with Crippen LogP contribution in [0.25, 0.3) is 16.9 Å². The molecule has 17 heavy (non-hydrogen) atoms. The average molecular weight is 226 g/mol. The van der Waals surface area contributed by atoms with Gasteiger partial charge in [-0.25, -0.2) is 9.97 Å². The minimum atomic E-state index is 0.521. The number of nitrogens with zero attached hydrogens (tertiary/aromatic N) is 4. The molecule has 0 aliphatic rings. The summed E-state index contributed by atoms with van der Waals surface area (Å²) in [6.07, 6.45) is 8.87. The van der Waals surface area contributed by atoms with Crippen LogP contribution in [-0.4, -0.2) is 26.5 Å². The van der Waals surface area contributed by atoms with Crippen LogP contribution >= 0.6 is 0 Å². The van der Waals surface area contributed by atoms with Gasteiger partial charge in [0.05, 0.1) is 19.0 Å². The van der Waals surface area contributed by atoms with E-state index in [-0.39, 0.29) is 0 Å². The summed E-state index contributed by atoms with van der Waals surface area (Å²) >= 11 is 0. The summed E-state index contributed by atoms with van der Waals surface area (Å²) in [5.74, 6) is 0.521. The first kappa shape index (κ1) is 9.77. The van der Waals surface area contributed by atoms with Crippen LogP contribution < -0.4 is 4.74 Å². The molecule has 0 atom stereocenters. The normalized spacial score (nSPS) is 10.6. The third-order valence-electron chi connectivity index (χ3n) is 2.57. The van der Waals surface area contributed by atoms with Crippen molar-refractivity contribution in [3.63, 3.8) is 0 Å². The molecule has 5 nitrogen and oxygen atoms in total. The molecular formula is C12H10N4O. The number of fused-ring (bicyclic) bond motifs is 1. The van der Waals surface area contributed by atoms with Crippen LogP contribution in [0.15, 0.2) is 43.1 Å². The van der Waals surface area contributed by atoms with Gasteiger partial charge in [-0.1, -0.05) is 0 Å². The second-order valence-corrected chi connectivity index (χ2v) is 3.51. The number of methoxy groups -OCH3 is 1. The largest absolute Gasteiger partial charge is 0.478 e. The third kappa shape index (κ3) is 1.52. The van der Waals surface area contributed by atoms with E-state index in [4.69, 9.17) is 4.74 Å². The van der Waals surface area contributed by atoms with E-state index in [9.17, 15) is 0 Å². The zero-order valence-corrected chi connectivity index (χ0v) is 9.24. The van der Waals surface area contributed by atoms with Gasteiger partial charge >= 0.3 is 0 Å². The van der Waals surface area contributed by atoms with Gasteiger partial charge in [-0.05, 0) is 12.1 Å². The zero-order valence-electron chi connectivity index (χ0n) is 9.24. The summed E-state index contributed by atoms with van der Waals surface area (Å²) in [5.41, 5.74) is 2.76. The van der Waals surface area contributed by atoms with Crippen molar-refractivity contribution >= 4 is 5.65 Å². The monoisotopic (exact) mass is 226 g/mol. The summed E-state index contributed by atoms with van der Waals surface area (Å²) in [4.78, 5) is 12.4. The molecule has 0 aliphatic heterocycles. The molecule has 0 unspecified atom stereocenters. The zero-order chi connectivity index (χ0) is 11.7. The minimum absolute atomic E-state index is 0.521. The van der Waals surface area contributed by atoms with E-state index in [0.29, 0.717) is 11.5 Å². The Bertz CT molecular complexity index is 648. The predicted octanol–water partition coefficient (Wildman–Crippen LogP) is 1.80. The predicted molar refractivity (Wildman–Crippen MR) is 62.8 cm³/mol. The van der Waals surface area contributed by atoms with Gasteiger partial charge in [-0.2, -0.15) is 0 Å². The molecule has 3 rings (SSSR count). The number of pyridine rings is 1. The summed E-state index contributed by atoms with van der Waals surface area (Å²) in [6, 6.07) is 3.88. The minimum Gasteiger partial charge on any atom is -0.478 e. The fraction of sp³-hybridized carbons (Fsp3) is 0.0833. The Labute approximate surface area is 97.7 Å². The molecule has 0 saturated carbocycles. The molecule has 0 aliphatic carbocycles. The molecule has 0 radical (unpaired) electrons. The first-order valence-corrected chi connectivity index (χ1v) is 5.16. The summed E-state index contributed by atoms with van der Waals surface area (Å²) in [6.45, 7) is 0. The van der Waals surface area contributed by atoms with E-state index in [1.807, 2.05) is 22.7 Å². The molecule has 0 N–H and O–H groups in total. The van der Waals surface area contributed by atoms with Gasteiger partial charge in [0.1, 0.15) is 0 Å². The fourth-order valence-electron chi connectivity index (χ4n) is 1.78. The van der Waals surface area contributed by atoms with E-state index in [2.05, 4.69) is 15.0 Å². The topological polar surface area (TPSA) is 52.3 Å². The molecule has 0 fully saturated rings. The molecule has 0 aromatic carbocycles. The Morgan fingerprint density at radius 3 is 2.71 bits per heavy atom. The smallest absolute Gasteiger partial charge is 0.258 e. The van der Waals surface area contributed by atoms with Crippen LogP contribution in [0.1, 0.15) is 0 Å². The SMILES string of the molecule is COc1nccn2c(-c3ccncc3)cnc12. The maximum absolute atomic E-state index is 5.17. The molecule has 0 saturated heterocycles. The van der Waals surface area contributed by atoms with Crippen molar-refractivity contribution in [1.82, 2.24) is 19.4 Å². The summed E-state index contributed by atoms with van der Waals surface area (Å²) in [5, 5.41) is 0. The number of aromatic nitrogens is 4. The molecule has 5 heteroatoms. The molecular weight excluding hydrogens is 216 g/mol. The summed E-state index contributed by atoms with van der Waals surface area (Å²) in [7, 11) is 1.59. The number of hydrogen-bond acceptors (Lipinski definition) is 4. The maximum Gasteiger partial charge on any atom is 0.258 e. The van der Waals surface area contributed by atoms with Crippen LogP contribution in [-0.2, 0) is 0 Å². The van der Waals surface area contributed by atoms with E-state index >= 15 is 0 Å². The quantitative estimate of drug-likeness (QED) is 0.668. The molecule has 0 bridgehead atoms. The fourth-order valence-corrected chi connectivity index (χ4v) is 1.78. The summed E-state index contributed by atoms with van der Waals surface area (Å²) < 4.78 is 7.12. The van der Waals surface area contributed by atoms with Crippen LogP contribution in [0.5, 0.6) is 5.88 Å². The van der Waals surface area contributed by atoms with Crippen molar-refractivity contribution < 1.29 is 4.74 Å². The molecule has 0 spiro atoms. The van der Waals surface area contributed by atoms with Gasteiger partial charge in [0.2, 0.25) is 5.65 Å². The number of hydrogen-bond donors (Lipinski definition) is 0. The van der Waals surface area contributed by atoms with E-state index in [1.54, 1.807) is 31.9 Å². The molecule has 3 aromatic heterocycles. The van der Waals surface area contributed by atoms with Gasteiger partial charge in [0.15, 0.2) is 0 Å². The van der Waals surface area contributed by atoms with Crippen molar-refractivity contribution in [1.29, 1.82) is 0 Å². The highest BCUT2D eigenvalue weighted by atomic mass is 16.5. The highest BCUT2D eigenvalue weighted by Gasteiger charge is 2.09. The lowest BCUT2D eigenvalue weighted by Crippen LogP contribution is -1.94. The first-order chi connectivity index (χ1) is 8.40. The lowest BCUT2D eigenvalue weighted by atomic mass is 10.2. The van der Waals surface area contributed by atoms with Crippen LogP contribution in [0.4, 0.5) is 0 Å². The lowest BCUT2D eigenvalue weighted by molar-refractivity contribution is 0.400. The second-order valence-electron chi connectivity index (χ2n) is 3.51. The Kier molecular flexibility index (Phi) is 2.22. The van der Waals surface area contributed by atoms with Gasteiger partial charge in [0.25, 0.3) is 5.88 Å². The highest BCUT2D eigenvalue weighted by Crippen LogP contribution is 2.23. The second kappa shape index (κ2) is 3.86. The Morgan fingerprint density at radius 1 is 1.12 bits per heavy atom. The standard InChI is InChI=1S/C12H10N4O/c1-17-12-11-15-8-10(16(11)7-6-14-12)9-2-4-13-5-3-9/h2-8H,1H3. The first-order valence-electron chi connectivity index (χ1n) is 5.16. The lowest BCUT2D eigenvalue weighted by Gasteiger charge is -2.03. The van der Waals surface area contributed by atoms with Crippen LogP contribution in [0, 0.1) is 0 Å².